The zero-order chi connectivity index (χ0) is 30.2. The predicted molar refractivity (Wildman–Crippen MR) is 200 cm³/mol. The van der Waals surface area contributed by atoms with Crippen molar-refractivity contribution in [2.24, 2.45) is 0 Å². The third-order valence-corrected chi connectivity index (χ3v) is 11.7. The van der Waals surface area contributed by atoms with E-state index in [0.717, 1.165) is 0 Å². The van der Waals surface area contributed by atoms with Crippen LogP contribution in [0.5, 0.6) is 0 Å². The summed E-state index contributed by atoms with van der Waals surface area (Å²) in [6, 6.07) is 58.4. The summed E-state index contributed by atoms with van der Waals surface area (Å²) in [6.45, 7) is 0. The number of thiophene rings is 1. The van der Waals surface area contributed by atoms with E-state index in [2.05, 4.69) is 158 Å². The van der Waals surface area contributed by atoms with Crippen LogP contribution >= 0.6 is 23.1 Å². The van der Waals surface area contributed by atoms with Crippen LogP contribution in [0.3, 0.4) is 0 Å². The number of hydrogen-bond acceptors (Lipinski definition) is 2. The Labute approximate surface area is 275 Å². The maximum Gasteiger partial charge on any atom is 0.0355 e. The SMILES string of the molecule is c1ccc(-c2ccc3c(c2)Sc2cccc4c2c-3c(-c2ccccc2)c2ccc(-c3ccc5sc6ccccc6c5c3)cc24)cc1. The van der Waals surface area contributed by atoms with Gasteiger partial charge in [-0.3, -0.25) is 0 Å². The van der Waals surface area contributed by atoms with Gasteiger partial charge in [-0.2, -0.15) is 0 Å². The van der Waals surface area contributed by atoms with Crippen molar-refractivity contribution >= 4 is 64.8 Å². The van der Waals surface area contributed by atoms with Crippen LogP contribution in [0.15, 0.2) is 168 Å². The van der Waals surface area contributed by atoms with E-state index >= 15 is 0 Å². The average molecular weight is 619 g/mol. The second-order valence-electron chi connectivity index (χ2n) is 12.0. The first-order chi connectivity index (χ1) is 22.8. The Kier molecular flexibility index (Phi) is 5.78. The molecule has 0 radical (unpaired) electrons. The molecule has 2 heteroatoms. The van der Waals surface area contributed by atoms with Gasteiger partial charge < -0.3 is 0 Å². The highest BCUT2D eigenvalue weighted by molar-refractivity contribution is 7.99. The van der Waals surface area contributed by atoms with Crippen molar-refractivity contribution in [1.82, 2.24) is 0 Å². The van der Waals surface area contributed by atoms with Crippen LogP contribution < -0.4 is 0 Å². The molecule has 8 aromatic carbocycles. The Bertz CT molecular complexity index is 2650. The molecule has 214 valence electrons. The van der Waals surface area contributed by atoms with Gasteiger partial charge in [-0.15, -0.1) is 11.3 Å². The monoisotopic (exact) mass is 618 g/mol. The predicted octanol–water partition coefficient (Wildman–Crippen LogP) is 13.5. The minimum absolute atomic E-state index is 1.25. The fourth-order valence-corrected chi connectivity index (χ4v) is 9.59. The summed E-state index contributed by atoms with van der Waals surface area (Å²) in [5.41, 5.74) is 10.2. The molecule has 0 amide bonds. The van der Waals surface area contributed by atoms with Gasteiger partial charge in [-0.1, -0.05) is 133 Å². The van der Waals surface area contributed by atoms with Gasteiger partial charge in [-0.05, 0) is 91.5 Å². The molecule has 0 unspecified atom stereocenters. The van der Waals surface area contributed by atoms with Crippen LogP contribution in [0.4, 0.5) is 0 Å². The van der Waals surface area contributed by atoms with Crippen molar-refractivity contribution in [3.05, 3.63) is 158 Å². The molecule has 1 aliphatic rings. The lowest BCUT2D eigenvalue weighted by molar-refractivity contribution is 1.40. The molecule has 0 bridgehead atoms. The second kappa shape index (κ2) is 10.2. The zero-order valence-electron chi connectivity index (χ0n) is 24.8. The fraction of sp³-hybridized carbons (Fsp3) is 0. The van der Waals surface area contributed by atoms with Crippen molar-refractivity contribution < 1.29 is 0 Å². The minimum atomic E-state index is 1.25. The summed E-state index contributed by atoms with van der Waals surface area (Å²) in [5, 5.41) is 7.94. The number of fused-ring (bicyclic) bond motifs is 7. The molecule has 0 nitrogen and oxygen atoms in total. The Morgan fingerprint density at radius 2 is 0.978 bits per heavy atom. The lowest BCUT2D eigenvalue weighted by atomic mass is 9.83. The number of hydrogen-bond donors (Lipinski definition) is 0. The molecule has 1 aliphatic heterocycles. The average Bonchev–Trinajstić information content (AvgIpc) is 3.50. The molecule has 0 N–H and O–H groups in total. The third-order valence-electron chi connectivity index (χ3n) is 9.46. The molecule has 46 heavy (non-hydrogen) atoms. The van der Waals surface area contributed by atoms with Gasteiger partial charge in [0.05, 0.1) is 0 Å². The number of benzene rings is 8. The van der Waals surface area contributed by atoms with E-state index in [1.807, 2.05) is 23.1 Å². The molecule has 2 heterocycles. The van der Waals surface area contributed by atoms with Gasteiger partial charge in [0.15, 0.2) is 0 Å². The molecule has 0 spiro atoms. The maximum absolute atomic E-state index is 2.43. The Morgan fingerprint density at radius 3 is 1.83 bits per heavy atom. The minimum Gasteiger partial charge on any atom is -0.135 e. The summed E-state index contributed by atoms with van der Waals surface area (Å²) < 4.78 is 2.68. The standard InChI is InChI=1S/C44H26S2/c1-3-10-27(11-4-1)31-19-22-35-41(26-31)46-40-17-9-15-33-36-24-29(30-20-23-39-37(25-30)32-14-7-8-16-38(32)45-39)18-21-34(36)42(44(35)43(33)40)28-12-5-2-6-13-28/h1-26H. The van der Waals surface area contributed by atoms with E-state index in [9.17, 15) is 0 Å². The molecule has 1 aromatic heterocycles. The molecule has 0 fully saturated rings. The van der Waals surface area contributed by atoms with Crippen molar-refractivity contribution in [3.8, 4) is 44.5 Å². The van der Waals surface area contributed by atoms with Crippen LogP contribution in [-0.4, -0.2) is 0 Å². The molecule has 9 aromatic rings. The zero-order valence-corrected chi connectivity index (χ0v) is 26.5. The molecule has 0 aliphatic carbocycles. The lowest BCUT2D eigenvalue weighted by Crippen LogP contribution is -1.98. The highest BCUT2D eigenvalue weighted by Gasteiger charge is 2.26. The maximum atomic E-state index is 2.43. The van der Waals surface area contributed by atoms with Crippen LogP contribution in [0.1, 0.15) is 0 Å². The van der Waals surface area contributed by atoms with E-state index < -0.39 is 0 Å². The van der Waals surface area contributed by atoms with E-state index in [1.165, 1.54) is 96.0 Å². The molecule has 0 saturated carbocycles. The topological polar surface area (TPSA) is 0 Å². The van der Waals surface area contributed by atoms with Gasteiger partial charge >= 0.3 is 0 Å². The number of rotatable bonds is 3. The summed E-state index contributed by atoms with van der Waals surface area (Å²) in [4.78, 5) is 2.63. The highest BCUT2D eigenvalue weighted by Crippen LogP contribution is 2.55. The van der Waals surface area contributed by atoms with Gasteiger partial charge in [0, 0.05) is 40.9 Å². The molecule has 10 rings (SSSR count). The Hall–Kier alpha value is -5.15. The van der Waals surface area contributed by atoms with Crippen LogP contribution in [-0.2, 0) is 0 Å². The van der Waals surface area contributed by atoms with Crippen LogP contribution in [0, 0.1) is 0 Å². The van der Waals surface area contributed by atoms with Crippen LogP contribution in [0.25, 0.3) is 86.2 Å². The second-order valence-corrected chi connectivity index (χ2v) is 14.2. The molecule has 0 atom stereocenters. The van der Waals surface area contributed by atoms with Gasteiger partial charge in [-0.25, -0.2) is 0 Å². The van der Waals surface area contributed by atoms with Crippen molar-refractivity contribution in [1.29, 1.82) is 0 Å². The van der Waals surface area contributed by atoms with Crippen LogP contribution in [0.2, 0.25) is 0 Å². The fourth-order valence-electron chi connectivity index (χ4n) is 7.34. The van der Waals surface area contributed by atoms with Gasteiger partial charge in [0.25, 0.3) is 0 Å². The first-order valence-electron chi connectivity index (χ1n) is 15.7. The summed E-state index contributed by atoms with van der Waals surface area (Å²) in [6.07, 6.45) is 0. The van der Waals surface area contributed by atoms with Crippen molar-refractivity contribution in [3.63, 3.8) is 0 Å². The normalized spacial score (nSPS) is 12.3. The Morgan fingerprint density at radius 1 is 0.326 bits per heavy atom. The quantitative estimate of drug-likeness (QED) is 0.178. The smallest absolute Gasteiger partial charge is 0.0355 e. The van der Waals surface area contributed by atoms with E-state index in [-0.39, 0.29) is 0 Å². The Balaban J connectivity index is 1.25. The van der Waals surface area contributed by atoms with E-state index in [0.29, 0.717) is 0 Å². The highest BCUT2D eigenvalue weighted by atomic mass is 32.2. The molecular weight excluding hydrogens is 593 g/mol. The lowest BCUT2D eigenvalue weighted by Gasteiger charge is -2.26. The summed E-state index contributed by atoms with van der Waals surface area (Å²) >= 11 is 3.77. The first kappa shape index (κ1) is 26.1. The third kappa shape index (κ3) is 3.94. The molecular formula is C44H26S2. The van der Waals surface area contributed by atoms with Crippen molar-refractivity contribution in [2.75, 3.05) is 0 Å². The summed E-state index contributed by atoms with van der Waals surface area (Å²) in [5.74, 6) is 0. The van der Waals surface area contributed by atoms with E-state index in [1.54, 1.807) is 0 Å². The van der Waals surface area contributed by atoms with Crippen molar-refractivity contribution in [2.45, 2.75) is 9.79 Å². The first-order valence-corrected chi connectivity index (χ1v) is 17.3. The van der Waals surface area contributed by atoms with Gasteiger partial charge in [0.1, 0.15) is 0 Å². The molecule has 0 saturated heterocycles. The largest absolute Gasteiger partial charge is 0.135 e. The summed E-state index contributed by atoms with van der Waals surface area (Å²) in [7, 11) is 0. The van der Waals surface area contributed by atoms with E-state index in [4.69, 9.17) is 0 Å². The van der Waals surface area contributed by atoms with Gasteiger partial charge in [0.2, 0.25) is 0 Å².